The van der Waals surface area contributed by atoms with Crippen LogP contribution in [0.15, 0.2) is 30.3 Å². The van der Waals surface area contributed by atoms with Crippen LogP contribution < -0.4 is 0 Å². The van der Waals surface area contributed by atoms with Crippen molar-refractivity contribution in [3.8, 4) is 0 Å². The molecule has 0 amide bonds. The van der Waals surface area contributed by atoms with Crippen LogP contribution in [0.5, 0.6) is 0 Å². The maximum absolute atomic E-state index is 14.4. The van der Waals surface area contributed by atoms with Crippen molar-refractivity contribution < 1.29 is 13.9 Å². The minimum absolute atomic E-state index is 0.0736. The van der Waals surface area contributed by atoms with E-state index in [-0.39, 0.29) is 23.2 Å². The normalized spacial score (nSPS) is 33.3. The Bertz CT molecular complexity index is 602. The molecule has 0 bridgehead atoms. The molecule has 0 spiro atoms. The molecular weight excluding hydrogens is 339 g/mol. The van der Waals surface area contributed by atoms with Crippen LogP contribution in [0.2, 0.25) is 0 Å². The van der Waals surface area contributed by atoms with E-state index < -0.39 is 6.17 Å². The van der Waals surface area contributed by atoms with Crippen molar-refractivity contribution >= 4 is 5.97 Å². The quantitative estimate of drug-likeness (QED) is 0.403. The number of hydrogen-bond donors (Lipinski definition) is 0. The van der Waals surface area contributed by atoms with Gasteiger partial charge in [0.1, 0.15) is 12.8 Å². The number of ether oxygens (including phenoxy) is 1. The van der Waals surface area contributed by atoms with Gasteiger partial charge in [-0.1, -0.05) is 69.9 Å². The van der Waals surface area contributed by atoms with Gasteiger partial charge in [-0.05, 0) is 49.5 Å². The van der Waals surface area contributed by atoms with E-state index in [2.05, 4.69) is 13.8 Å². The standard InChI is InChI=1S/C24H35FO2/c1-3-4-6-9-18-14-15-24(2)21(22(24)25)13-12-20(16-18)23(26)27-17-19-10-7-5-8-11-19/h5,7-8,10-11,18,20-22H,3-4,6,9,12-17H2,1-2H3. The first-order valence-electron chi connectivity index (χ1n) is 10.9. The Labute approximate surface area is 163 Å². The highest BCUT2D eigenvalue weighted by Gasteiger charge is 2.61. The molecule has 5 atom stereocenters. The summed E-state index contributed by atoms with van der Waals surface area (Å²) in [4.78, 5) is 12.8. The van der Waals surface area contributed by atoms with Gasteiger partial charge in [-0.2, -0.15) is 0 Å². The number of fused-ring (bicyclic) bond motifs is 1. The monoisotopic (exact) mass is 374 g/mol. The third-order valence-corrected chi connectivity index (χ3v) is 7.03. The molecule has 150 valence electrons. The number of rotatable bonds is 7. The average Bonchev–Trinajstić information content (AvgIpc) is 3.18. The zero-order valence-corrected chi connectivity index (χ0v) is 17.0. The second kappa shape index (κ2) is 9.21. The van der Waals surface area contributed by atoms with E-state index in [9.17, 15) is 9.18 Å². The Balaban J connectivity index is 1.61. The highest BCUT2D eigenvalue weighted by atomic mass is 19.1. The van der Waals surface area contributed by atoms with Gasteiger partial charge < -0.3 is 4.74 Å². The fraction of sp³-hybridized carbons (Fsp3) is 0.708. The van der Waals surface area contributed by atoms with E-state index in [1.807, 2.05) is 30.3 Å². The average molecular weight is 375 g/mol. The van der Waals surface area contributed by atoms with Gasteiger partial charge >= 0.3 is 5.97 Å². The predicted octanol–water partition coefficient (Wildman–Crippen LogP) is 6.48. The zero-order chi connectivity index (χ0) is 19.3. The molecule has 2 fully saturated rings. The van der Waals surface area contributed by atoms with Crippen molar-refractivity contribution in [2.45, 2.75) is 84.4 Å². The summed E-state index contributed by atoms with van der Waals surface area (Å²) in [5.74, 6) is 0.514. The number of halogens is 1. The lowest BCUT2D eigenvalue weighted by molar-refractivity contribution is -0.151. The third kappa shape index (κ3) is 5.12. The van der Waals surface area contributed by atoms with Gasteiger partial charge in [0.25, 0.3) is 0 Å². The Morgan fingerprint density at radius 1 is 1.19 bits per heavy atom. The number of alkyl halides is 1. The fourth-order valence-corrected chi connectivity index (χ4v) is 4.94. The van der Waals surface area contributed by atoms with E-state index in [1.54, 1.807) is 0 Å². The molecule has 0 aliphatic heterocycles. The maximum Gasteiger partial charge on any atom is 0.309 e. The molecule has 3 heteroatoms. The van der Waals surface area contributed by atoms with E-state index in [4.69, 9.17) is 4.74 Å². The van der Waals surface area contributed by atoms with Crippen LogP contribution in [0.25, 0.3) is 0 Å². The maximum atomic E-state index is 14.4. The van der Waals surface area contributed by atoms with Crippen molar-refractivity contribution in [1.82, 2.24) is 0 Å². The zero-order valence-electron chi connectivity index (χ0n) is 17.0. The highest BCUT2D eigenvalue weighted by Crippen LogP contribution is 2.61. The summed E-state index contributed by atoms with van der Waals surface area (Å²) in [6.07, 6.45) is 8.70. The second-order valence-corrected chi connectivity index (χ2v) is 9.02. The largest absolute Gasteiger partial charge is 0.461 e. The summed E-state index contributed by atoms with van der Waals surface area (Å²) in [6.45, 7) is 4.67. The molecule has 0 saturated heterocycles. The summed E-state index contributed by atoms with van der Waals surface area (Å²) in [6, 6.07) is 9.84. The molecule has 27 heavy (non-hydrogen) atoms. The molecule has 0 heterocycles. The minimum atomic E-state index is -0.673. The van der Waals surface area contributed by atoms with E-state index in [0.717, 1.165) is 44.1 Å². The van der Waals surface area contributed by atoms with E-state index >= 15 is 0 Å². The Hall–Kier alpha value is -1.38. The van der Waals surface area contributed by atoms with Crippen molar-refractivity contribution in [2.24, 2.45) is 23.2 Å². The SMILES string of the molecule is CCCCCC1CCC2(C)C(F)C2CCC(C(=O)OCc2ccccc2)C1. The number of unbranched alkanes of at least 4 members (excludes halogenated alkanes) is 2. The summed E-state index contributed by atoms with van der Waals surface area (Å²) < 4.78 is 20.0. The lowest BCUT2D eigenvalue weighted by Gasteiger charge is -2.23. The second-order valence-electron chi connectivity index (χ2n) is 9.02. The number of esters is 1. The number of hydrogen-bond acceptors (Lipinski definition) is 2. The van der Waals surface area contributed by atoms with Crippen LogP contribution in [0.4, 0.5) is 4.39 Å². The summed E-state index contributed by atoms with van der Waals surface area (Å²) in [7, 11) is 0. The summed E-state index contributed by atoms with van der Waals surface area (Å²) >= 11 is 0. The topological polar surface area (TPSA) is 26.3 Å². The van der Waals surface area contributed by atoms with Crippen LogP contribution in [0.3, 0.4) is 0 Å². The van der Waals surface area contributed by atoms with Crippen LogP contribution in [0, 0.1) is 23.2 Å². The van der Waals surface area contributed by atoms with Gasteiger partial charge in [0.15, 0.2) is 0 Å². The van der Waals surface area contributed by atoms with Gasteiger partial charge in [-0.3, -0.25) is 4.79 Å². The molecule has 3 rings (SSSR count). The first-order valence-corrected chi connectivity index (χ1v) is 10.9. The number of carbonyl (C=O) groups is 1. The van der Waals surface area contributed by atoms with Gasteiger partial charge in [-0.15, -0.1) is 0 Å². The van der Waals surface area contributed by atoms with Gasteiger partial charge in [0.05, 0.1) is 5.92 Å². The van der Waals surface area contributed by atoms with Gasteiger partial charge in [0.2, 0.25) is 0 Å². The fourth-order valence-electron chi connectivity index (χ4n) is 4.94. The Morgan fingerprint density at radius 2 is 1.96 bits per heavy atom. The van der Waals surface area contributed by atoms with Crippen LogP contribution in [0.1, 0.15) is 77.2 Å². The first-order chi connectivity index (χ1) is 13.0. The molecule has 1 aromatic carbocycles. The van der Waals surface area contributed by atoms with Crippen molar-refractivity contribution in [3.63, 3.8) is 0 Å². The molecule has 1 aromatic rings. The smallest absolute Gasteiger partial charge is 0.309 e. The van der Waals surface area contributed by atoms with Crippen molar-refractivity contribution in [2.75, 3.05) is 0 Å². The van der Waals surface area contributed by atoms with E-state index in [0.29, 0.717) is 12.5 Å². The van der Waals surface area contributed by atoms with E-state index in [1.165, 1.54) is 19.3 Å². The van der Waals surface area contributed by atoms with Gasteiger partial charge in [0, 0.05) is 5.41 Å². The van der Waals surface area contributed by atoms with Crippen LogP contribution in [-0.2, 0) is 16.1 Å². The molecular formula is C24H35FO2. The van der Waals surface area contributed by atoms with Crippen molar-refractivity contribution in [3.05, 3.63) is 35.9 Å². The molecule has 2 aliphatic carbocycles. The molecule has 2 saturated carbocycles. The molecule has 0 radical (unpaired) electrons. The third-order valence-electron chi connectivity index (χ3n) is 7.03. The number of carbonyl (C=O) groups excluding carboxylic acids is 1. The number of benzene rings is 1. The first kappa shape index (κ1) is 20.4. The van der Waals surface area contributed by atoms with Gasteiger partial charge in [-0.25, -0.2) is 4.39 Å². The van der Waals surface area contributed by atoms with Crippen LogP contribution in [-0.4, -0.2) is 12.1 Å². The minimum Gasteiger partial charge on any atom is -0.461 e. The molecule has 0 aromatic heterocycles. The molecule has 2 aliphatic rings. The Kier molecular flexibility index (Phi) is 6.94. The molecule has 2 nitrogen and oxygen atoms in total. The predicted molar refractivity (Wildman–Crippen MR) is 107 cm³/mol. The molecule has 5 unspecified atom stereocenters. The lowest BCUT2D eigenvalue weighted by Crippen LogP contribution is -2.21. The summed E-state index contributed by atoms with van der Waals surface area (Å²) in [5, 5.41) is 0. The van der Waals surface area contributed by atoms with Crippen LogP contribution >= 0.6 is 0 Å². The highest BCUT2D eigenvalue weighted by molar-refractivity contribution is 5.72. The summed E-state index contributed by atoms with van der Waals surface area (Å²) in [5.41, 5.74) is 0.887. The lowest BCUT2D eigenvalue weighted by atomic mass is 9.84. The molecule has 0 N–H and O–H groups in total. The Morgan fingerprint density at radius 3 is 2.70 bits per heavy atom. The van der Waals surface area contributed by atoms with Crippen molar-refractivity contribution in [1.29, 1.82) is 0 Å².